The van der Waals surface area contributed by atoms with E-state index in [1.807, 2.05) is 4.90 Å². The summed E-state index contributed by atoms with van der Waals surface area (Å²) in [4.78, 5) is 29.1. The fourth-order valence-corrected chi connectivity index (χ4v) is 2.96. The van der Waals surface area contributed by atoms with Crippen LogP contribution in [0.4, 0.5) is 4.79 Å². The first-order valence-corrected chi connectivity index (χ1v) is 7.33. The van der Waals surface area contributed by atoms with Crippen molar-refractivity contribution in [3.8, 4) is 0 Å². The number of urea groups is 1. The van der Waals surface area contributed by atoms with Crippen molar-refractivity contribution < 1.29 is 14.7 Å². The molecule has 114 valence electrons. The monoisotopic (exact) mass is 283 g/mol. The van der Waals surface area contributed by atoms with Gasteiger partial charge in [0.2, 0.25) is 0 Å². The standard InChI is InChI=1S/C14H25N3O3/c1-10(13(18)19)11-8-17(9-11)14(20)16-6-4-12(5-7-16)15(2)3/h10-12H,4-9H2,1-3H3,(H,18,19). The van der Waals surface area contributed by atoms with Gasteiger partial charge in [0, 0.05) is 38.1 Å². The van der Waals surface area contributed by atoms with Crippen LogP contribution < -0.4 is 0 Å². The van der Waals surface area contributed by atoms with Crippen molar-refractivity contribution >= 4 is 12.0 Å². The zero-order valence-electron chi connectivity index (χ0n) is 12.6. The molecule has 0 radical (unpaired) electrons. The molecule has 2 amide bonds. The summed E-state index contributed by atoms with van der Waals surface area (Å²) in [6.07, 6.45) is 2.03. The van der Waals surface area contributed by atoms with Crippen LogP contribution >= 0.6 is 0 Å². The quantitative estimate of drug-likeness (QED) is 0.831. The number of carboxylic acid groups (broad SMARTS) is 1. The zero-order valence-corrected chi connectivity index (χ0v) is 12.6. The van der Waals surface area contributed by atoms with Crippen LogP contribution in [0.5, 0.6) is 0 Å². The molecular formula is C14H25N3O3. The first-order chi connectivity index (χ1) is 9.40. The number of hydrogen-bond acceptors (Lipinski definition) is 3. The van der Waals surface area contributed by atoms with Crippen molar-refractivity contribution in [2.75, 3.05) is 40.3 Å². The van der Waals surface area contributed by atoms with Gasteiger partial charge in [-0.2, -0.15) is 0 Å². The molecule has 0 spiro atoms. The number of carboxylic acids is 1. The molecule has 2 fully saturated rings. The SMILES string of the molecule is CC(C(=O)O)C1CN(C(=O)N2CCC(N(C)C)CC2)C1. The predicted molar refractivity (Wildman–Crippen MR) is 75.5 cm³/mol. The van der Waals surface area contributed by atoms with Crippen molar-refractivity contribution in [1.82, 2.24) is 14.7 Å². The van der Waals surface area contributed by atoms with Crippen LogP contribution in [0.25, 0.3) is 0 Å². The van der Waals surface area contributed by atoms with E-state index in [9.17, 15) is 9.59 Å². The van der Waals surface area contributed by atoms with Crippen molar-refractivity contribution in [3.05, 3.63) is 0 Å². The molecule has 2 heterocycles. The molecule has 0 aromatic rings. The molecule has 0 aromatic carbocycles. The van der Waals surface area contributed by atoms with E-state index >= 15 is 0 Å². The number of hydrogen-bond donors (Lipinski definition) is 1. The molecule has 6 nitrogen and oxygen atoms in total. The van der Waals surface area contributed by atoms with Gasteiger partial charge in [-0.1, -0.05) is 6.92 Å². The number of rotatable bonds is 3. The Hall–Kier alpha value is -1.30. The number of aliphatic carboxylic acids is 1. The first-order valence-electron chi connectivity index (χ1n) is 7.33. The van der Waals surface area contributed by atoms with Gasteiger partial charge in [0.15, 0.2) is 0 Å². The van der Waals surface area contributed by atoms with E-state index < -0.39 is 5.97 Å². The lowest BCUT2D eigenvalue weighted by molar-refractivity contribution is -0.144. The summed E-state index contributed by atoms with van der Waals surface area (Å²) in [7, 11) is 4.16. The molecule has 20 heavy (non-hydrogen) atoms. The number of piperidine rings is 1. The van der Waals surface area contributed by atoms with Gasteiger partial charge in [-0.15, -0.1) is 0 Å². The van der Waals surface area contributed by atoms with Crippen LogP contribution in [0.2, 0.25) is 0 Å². The molecule has 1 N–H and O–H groups in total. The molecule has 2 rings (SSSR count). The summed E-state index contributed by atoms with van der Waals surface area (Å²) in [5.74, 6) is -1.02. The number of carbonyl (C=O) groups excluding carboxylic acids is 1. The molecule has 2 saturated heterocycles. The lowest BCUT2D eigenvalue weighted by Crippen LogP contribution is -2.58. The van der Waals surface area contributed by atoms with Gasteiger partial charge in [-0.3, -0.25) is 4.79 Å². The Labute approximate surface area is 120 Å². The van der Waals surface area contributed by atoms with E-state index in [2.05, 4.69) is 19.0 Å². The van der Waals surface area contributed by atoms with E-state index in [0.717, 1.165) is 25.9 Å². The van der Waals surface area contributed by atoms with Crippen LogP contribution in [0, 0.1) is 11.8 Å². The third kappa shape index (κ3) is 3.06. The number of carbonyl (C=O) groups is 2. The van der Waals surface area contributed by atoms with Gasteiger partial charge in [-0.05, 0) is 26.9 Å². The largest absolute Gasteiger partial charge is 0.481 e. The second-order valence-corrected chi connectivity index (χ2v) is 6.26. The fraction of sp³-hybridized carbons (Fsp3) is 0.857. The van der Waals surface area contributed by atoms with Gasteiger partial charge in [0.25, 0.3) is 0 Å². The number of amides is 2. The molecule has 0 saturated carbocycles. The maximum atomic E-state index is 12.3. The molecule has 0 aromatic heterocycles. The highest BCUT2D eigenvalue weighted by molar-refractivity contribution is 5.76. The fourth-order valence-electron chi connectivity index (χ4n) is 2.96. The zero-order chi connectivity index (χ0) is 14.9. The summed E-state index contributed by atoms with van der Waals surface area (Å²) in [5, 5.41) is 8.95. The maximum absolute atomic E-state index is 12.3. The van der Waals surface area contributed by atoms with Gasteiger partial charge in [0.1, 0.15) is 0 Å². The minimum absolute atomic E-state index is 0.0797. The summed E-state index contributed by atoms with van der Waals surface area (Å²) in [6, 6.07) is 0.645. The third-order valence-corrected chi connectivity index (χ3v) is 4.74. The Morgan fingerprint density at radius 1 is 1.15 bits per heavy atom. The van der Waals surface area contributed by atoms with Crippen LogP contribution in [0.15, 0.2) is 0 Å². The van der Waals surface area contributed by atoms with E-state index in [1.165, 1.54) is 0 Å². The molecule has 1 atom stereocenters. The second kappa shape index (κ2) is 5.99. The molecule has 2 aliphatic heterocycles. The third-order valence-electron chi connectivity index (χ3n) is 4.74. The molecule has 0 aliphatic carbocycles. The van der Waals surface area contributed by atoms with Gasteiger partial charge >= 0.3 is 12.0 Å². The van der Waals surface area contributed by atoms with Crippen LogP contribution in [-0.2, 0) is 4.79 Å². The minimum Gasteiger partial charge on any atom is -0.481 e. The molecule has 6 heteroatoms. The summed E-state index contributed by atoms with van der Waals surface area (Å²) < 4.78 is 0. The lowest BCUT2D eigenvalue weighted by atomic mass is 9.87. The Morgan fingerprint density at radius 2 is 1.70 bits per heavy atom. The highest BCUT2D eigenvalue weighted by Gasteiger charge is 2.39. The van der Waals surface area contributed by atoms with Crippen LogP contribution in [0.3, 0.4) is 0 Å². The van der Waals surface area contributed by atoms with Gasteiger partial charge in [-0.25, -0.2) is 4.79 Å². The number of likely N-dealkylation sites (tertiary alicyclic amines) is 2. The maximum Gasteiger partial charge on any atom is 0.320 e. The summed E-state index contributed by atoms with van der Waals surface area (Å²) in [5.41, 5.74) is 0. The smallest absolute Gasteiger partial charge is 0.320 e. The molecular weight excluding hydrogens is 258 g/mol. The molecule has 1 unspecified atom stereocenters. The summed E-state index contributed by atoms with van der Waals surface area (Å²) in [6.45, 7) is 4.49. The van der Waals surface area contributed by atoms with Gasteiger partial charge in [0.05, 0.1) is 5.92 Å². The van der Waals surface area contributed by atoms with Gasteiger partial charge < -0.3 is 19.8 Å². The first kappa shape index (κ1) is 15.1. The Kier molecular flexibility index (Phi) is 4.52. The van der Waals surface area contributed by atoms with Crippen molar-refractivity contribution in [1.29, 1.82) is 0 Å². The van der Waals surface area contributed by atoms with Crippen LogP contribution in [-0.4, -0.2) is 78.1 Å². The van der Waals surface area contributed by atoms with Crippen molar-refractivity contribution in [2.45, 2.75) is 25.8 Å². The minimum atomic E-state index is -0.770. The predicted octanol–water partition coefficient (Wildman–Crippen LogP) is 0.785. The normalized spacial score (nSPS) is 22.8. The van der Waals surface area contributed by atoms with E-state index in [1.54, 1.807) is 11.8 Å². The second-order valence-electron chi connectivity index (χ2n) is 6.26. The lowest BCUT2D eigenvalue weighted by Gasteiger charge is -2.45. The van der Waals surface area contributed by atoms with E-state index in [-0.39, 0.29) is 17.9 Å². The number of nitrogens with zero attached hydrogens (tertiary/aromatic N) is 3. The average molecular weight is 283 g/mol. The Morgan fingerprint density at radius 3 is 2.15 bits per heavy atom. The average Bonchev–Trinajstić information content (AvgIpc) is 2.36. The Balaban J connectivity index is 1.76. The van der Waals surface area contributed by atoms with E-state index in [0.29, 0.717) is 19.1 Å². The van der Waals surface area contributed by atoms with Crippen molar-refractivity contribution in [3.63, 3.8) is 0 Å². The van der Waals surface area contributed by atoms with Crippen LogP contribution in [0.1, 0.15) is 19.8 Å². The highest BCUT2D eigenvalue weighted by atomic mass is 16.4. The topological polar surface area (TPSA) is 64.1 Å². The Bertz CT molecular complexity index is 372. The van der Waals surface area contributed by atoms with E-state index in [4.69, 9.17) is 5.11 Å². The van der Waals surface area contributed by atoms with Crippen molar-refractivity contribution in [2.24, 2.45) is 11.8 Å². The highest BCUT2D eigenvalue weighted by Crippen LogP contribution is 2.26. The molecule has 0 bridgehead atoms. The molecule has 2 aliphatic rings. The summed E-state index contributed by atoms with van der Waals surface area (Å²) >= 11 is 0.